The second-order valence-electron chi connectivity index (χ2n) is 4.66. The lowest BCUT2D eigenvalue weighted by Crippen LogP contribution is -1.79. The number of pyridine rings is 1. The van der Waals surface area contributed by atoms with Crippen molar-refractivity contribution >= 4 is 21.8 Å². The third-order valence-electron chi connectivity index (χ3n) is 3.50. The second-order valence-corrected chi connectivity index (χ2v) is 4.66. The molecule has 4 rings (SSSR count). The predicted octanol–water partition coefficient (Wildman–Crippen LogP) is 4.38. The average Bonchev–Trinajstić information content (AvgIpc) is 2.91. The highest BCUT2D eigenvalue weighted by Crippen LogP contribution is 2.29. The highest BCUT2D eigenvalue weighted by Gasteiger charge is 2.07. The fourth-order valence-electron chi connectivity index (χ4n) is 2.53. The number of nitrogens with zero attached hydrogens (tertiary/aromatic N) is 1. The fraction of sp³-hybridized carbons (Fsp3) is 0. The van der Waals surface area contributed by atoms with E-state index in [1.807, 2.05) is 24.5 Å². The molecule has 0 bridgehead atoms. The molecule has 0 unspecified atom stereocenters. The Morgan fingerprint density at radius 1 is 0.842 bits per heavy atom. The minimum atomic E-state index is 1.03. The first-order chi connectivity index (χ1) is 9.42. The summed E-state index contributed by atoms with van der Waals surface area (Å²) in [5.74, 6) is 0. The first-order valence-electron chi connectivity index (χ1n) is 6.33. The lowest BCUT2D eigenvalue weighted by Gasteiger charge is -2.02. The van der Waals surface area contributed by atoms with Gasteiger partial charge in [-0.2, -0.15) is 0 Å². The highest BCUT2D eigenvalue weighted by molar-refractivity contribution is 5.95. The molecule has 0 fully saturated rings. The molecule has 0 aliphatic carbocycles. The van der Waals surface area contributed by atoms with Crippen LogP contribution in [0.15, 0.2) is 67.0 Å². The summed E-state index contributed by atoms with van der Waals surface area (Å²) < 4.78 is 0. The number of benzene rings is 2. The van der Waals surface area contributed by atoms with Crippen LogP contribution in [0.3, 0.4) is 0 Å². The molecular formula is C17H12N2. The molecule has 4 aromatic rings. The maximum atomic E-state index is 4.47. The summed E-state index contributed by atoms with van der Waals surface area (Å²) in [7, 11) is 0. The molecule has 2 nitrogen and oxygen atoms in total. The van der Waals surface area contributed by atoms with Crippen molar-refractivity contribution in [1.82, 2.24) is 9.97 Å². The monoisotopic (exact) mass is 244 g/mol. The molecule has 1 N–H and O–H groups in total. The molecule has 90 valence electrons. The molecule has 0 radical (unpaired) electrons. The fourth-order valence-corrected chi connectivity index (χ4v) is 2.53. The summed E-state index contributed by atoms with van der Waals surface area (Å²) in [5.41, 5.74) is 4.45. The summed E-state index contributed by atoms with van der Waals surface area (Å²) >= 11 is 0. The zero-order chi connectivity index (χ0) is 12.7. The van der Waals surface area contributed by atoms with Crippen molar-refractivity contribution in [1.29, 1.82) is 0 Å². The Balaban J connectivity index is 1.99. The van der Waals surface area contributed by atoms with E-state index in [1.54, 1.807) is 0 Å². The lowest BCUT2D eigenvalue weighted by atomic mass is 10.0. The zero-order valence-electron chi connectivity index (χ0n) is 10.3. The van der Waals surface area contributed by atoms with E-state index in [1.165, 1.54) is 16.3 Å². The van der Waals surface area contributed by atoms with Gasteiger partial charge in [0.25, 0.3) is 0 Å². The van der Waals surface area contributed by atoms with Crippen LogP contribution in [0.4, 0.5) is 0 Å². The first-order valence-corrected chi connectivity index (χ1v) is 6.33. The largest absolute Gasteiger partial charge is 0.359 e. The summed E-state index contributed by atoms with van der Waals surface area (Å²) in [5, 5.41) is 2.52. The summed E-state index contributed by atoms with van der Waals surface area (Å²) in [4.78, 5) is 7.74. The van der Waals surface area contributed by atoms with Crippen LogP contribution in [0.2, 0.25) is 0 Å². The quantitative estimate of drug-likeness (QED) is 0.528. The molecule has 0 spiro atoms. The van der Waals surface area contributed by atoms with Crippen molar-refractivity contribution in [3.05, 3.63) is 67.0 Å². The number of fused-ring (bicyclic) bond motifs is 2. The molecule has 0 amide bonds. The Bertz CT molecular complexity index is 874. The van der Waals surface area contributed by atoms with Gasteiger partial charge in [-0.3, -0.25) is 4.98 Å². The van der Waals surface area contributed by atoms with E-state index < -0.39 is 0 Å². The van der Waals surface area contributed by atoms with Crippen molar-refractivity contribution in [3.8, 4) is 11.1 Å². The molecule has 19 heavy (non-hydrogen) atoms. The average molecular weight is 244 g/mol. The van der Waals surface area contributed by atoms with E-state index in [0.717, 1.165) is 16.6 Å². The molecule has 2 aromatic heterocycles. The van der Waals surface area contributed by atoms with Crippen LogP contribution in [-0.2, 0) is 0 Å². The van der Waals surface area contributed by atoms with E-state index in [2.05, 4.69) is 52.4 Å². The van der Waals surface area contributed by atoms with Gasteiger partial charge in [0.15, 0.2) is 0 Å². The number of H-pyrrole nitrogens is 1. The van der Waals surface area contributed by atoms with Gasteiger partial charge in [-0.15, -0.1) is 0 Å². The highest BCUT2D eigenvalue weighted by atomic mass is 14.8. The van der Waals surface area contributed by atoms with Gasteiger partial charge >= 0.3 is 0 Å². The third-order valence-corrected chi connectivity index (χ3v) is 3.50. The number of hydrogen-bond donors (Lipinski definition) is 1. The van der Waals surface area contributed by atoms with Gasteiger partial charge < -0.3 is 4.98 Å². The van der Waals surface area contributed by atoms with E-state index in [-0.39, 0.29) is 0 Å². The maximum Gasteiger partial charge on any atom is 0.0957 e. The van der Waals surface area contributed by atoms with Crippen LogP contribution in [0.1, 0.15) is 0 Å². The molecule has 2 aromatic carbocycles. The molecule has 0 saturated heterocycles. The van der Waals surface area contributed by atoms with Crippen LogP contribution in [0.5, 0.6) is 0 Å². The van der Waals surface area contributed by atoms with E-state index in [4.69, 9.17) is 0 Å². The van der Waals surface area contributed by atoms with Gasteiger partial charge in [0.2, 0.25) is 0 Å². The maximum absolute atomic E-state index is 4.47. The minimum absolute atomic E-state index is 1.03. The standard InChI is InChI=1S/C17H12N2/c1-2-5-13-10-14(8-7-12(13)4-1)15-11-19-16-6-3-9-18-17(15)16/h1-11,19H. The SMILES string of the molecule is c1ccc2cc(-c3c[nH]c4cccnc34)ccc2c1. The van der Waals surface area contributed by atoms with Gasteiger partial charge in [-0.05, 0) is 34.5 Å². The predicted molar refractivity (Wildman–Crippen MR) is 79.0 cm³/mol. The van der Waals surface area contributed by atoms with Crippen molar-refractivity contribution in [2.75, 3.05) is 0 Å². The van der Waals surface area contributed by atoms with Gasteiger partial charge in [0.1, 0.15) is 0 Å². The summed E-state index contributed by atoms with van der Waals surface area (Å²) in [6.45, 7) is 0. The molecular weight excluding hydrogens is 232 g/mol. The zero-order valence-corrected chi connectivity index (χ0v) is 10.3. The Labute approximate surface area is 110 Å². The minimum Gasteiger partial charge on any atom is -0.359 e. The topological polar surface area (TPSA) is 28.7 Å². The molecule has 0 aliphatic heterocycles. The Morgan fingerprint density at radius 3 is 2.68 bits per heavy atom. The molecule has 0 aliphatic rings. The summed E-state index contributed by atoms with van der Waals surface area (Å²) in [6, 6.07) is 18.9. The first kappa shape index (κ1) is 10.3. The van der Waals surface area contributed by atoms with Crippen LogP contribution in [0, 0.1) is 0 Å². The van der Waals surface area contributed by atoms with E-state index in [9.17, 15) is 0 Å². The smallest absolute Gasteiger partial charge is 0.0957 e. The molecule has 2 heteroatoms. The Morgan fingerprint density at radius 2 is 1.74 bits per heavy atom. The van der Waals surface area contributed by atoms with Crippen LogP contribution < -0.4 is 0 Å². The number of aromatic nitrogens is 2. The Hall–Kier alpha value is -2.61. The van der Waals surface area contributed by atoms with Crippen molar-refractivity contribution in [2.24, 2.45) is 0 Å². The Kier molecular flexibility index (Phi) is 2.15. The number of nitrogens with one attached hydrogen (secondary N) is 1. The van der Waals surface area contributed by atoms with E-state index >= 15 is 0 Å². The number of rotatable bonds is 1. The van der Waals surface area contributed by atoms with Crippen LogP contribution in [-0.4, -0.2) is 9.97 Å². The third kappa shape index (κ3) is 1.61. The van der Waals surface area contributed by atoms with Crippen molar-refractivity contribution in [2.45, 2.75) is 0 Å². The van der Waals surface area contributed by atoms with Gasteiger partial charge in [0.05, 0.1) is 11.0 Å². The van der Waals surface area contributed by atoms with Crippen molar-refractivity contribution in [3.63, 3.8) is 0 Å². The van der Waals surface area contributed by atoms with Gasteiger partial charge in [0, 0.05) is 18.0 Å². The van der Waals surface area contributed by atoms with Crippen LogP contribution in [0.25, 0.3) is 32.9 Å². The second kappa shape index (κ2) is 3.95. The van der Waals surface area contributed by atoms with Crippen LogP contribution >= 0.6 is 0 Å². The van der Waals surface area contributed by atoms with Gasteiger partial charge in [-0.1, -0.05) is 36.4 Å². The van der Waals surface area contributed by atoms with Crippen molar-refractivity contribution < 1.29 is 0 Å². The lowest BCUT2D eigenvalue weighted by molar-refractivity contribution is 1.41. The normalized spacial score (nSPS) is 11.2. The van der Waals surface area contributed by atoms with Gasteiger partial charge in [-0.25, -0.2) is 0 Å². The molecule has 2 heterocycles. The number of aromatic amines is 1. The summed E-state index contributed by atoms with van der Waals surface area (Å²) in [6.07, 6.45) is 3.86. The van der Waals surface area contributed by atoms with E-state index in [0.29, 0.717) is 0 Å². The molecule has 0 saturated carbocycles. The molecule has 0 atom stereocenters. The number of hydrogen-bond acceptors (Lipinski definition) is 1.